The van der Waals surface area contributed by atoms with Crippen LogP contribution in [-0.4, -0.2) is 61.2 Å². The van der Waals surface area contributed by atoms with Crippen molar-refractivity contribution in [1.29, 1.82) is 0 Å². The topological polar surface area (TPSA) is 39.1 Å². The van der Waals surface area contributed by atoms with Crippen LogP contribution in [-0.2, 0) is 4.79 Å². The molecule has 0 aliphatic carbocycles. The molecule has 0 bridgehead atoms. The number of fused-ring (bicyclic) bond motifs is 1. The van der Waals surface area contributed by atoms with E-state index in [-0.39, 0.29) is 5.91 Å². The molecule has 0 saturated carbocycles. The summed E-state index contributed by atoms with van der Waals surface area (Å²) >= 11 is 0. The van der Waals surface area contributed by atoms with E-state index in [1.54, 1.807) is 0 Å². The number of rotatable bonds is 5. The first-order chi connectivity index (χ1) is 16.0. The lowest BCUT2D eigenvalue weighted by molar-refractivity contribution is -0.132. The van der Waals surface area contributed by atoms with Gasteiger partial charge in [-0.1, -0.05) is 43.8 Å². The van der Waals surface area contributed by atoms with Gasteiger partial charge in [0.25, 0.3) is 0 Å². The normalized spacial score (nSPS) is 17.7. The number of aliphatic imine (C=N–C) groups is 1. The lowest BCUT2D eigenvalue weighted by Gasteiger charge is -2.37. The fourth-order valence-electron chi connectivity index (χ4n) is 5.15. The minimum atomic E-state index is 0.242. The van der Waals surface area contributed by atoms with E-state index in [1.165, 1.54) is 27.6 Å². The molecule has 2 aromatic rings. The summed E-state index contributed by atoms with van der Waals surface area (Å²) < 4.78 is 0. The van der Waals surface area contributed by atoms with Crippen molar-refractivity contribution < 1.29 is 4.79 Å². The quantitative estimate of drug-likeness (QED) is 0.598. The van der Waals surface area contributed by atoms with Gasteiger partial charge in [0.1, 0.15) is 0 Å². The fraction of sp³-hybridized carbons (Fsp3) is 0.429. The third-order valence-corrected chi connectivity index (χ3v) is 6.93. The van der Waals surface area contributed by atoms with Crippen LogP contribution in [0.5, 0.6) is 0 Å². The Balaban J connectivity index is 1.60. The molecule has 5 nitrogen and oxygen atoms in total. The predicted molar refractivity (Wildman–Crippen MR) is 139 cm³/mol. The molecule has 0 unspecified atom stereocenters. The van der Waals surface area contributed by atoms with Crippen molar-refractivity contribution >= 4 is 28.6 Å². The van der Waals surface area contributed by atoms with Gasteiger partial charge in [-0.2, -0.15) is 0 Å². The molecule has 0 spiro atoms. The summed E-state index contributed by atoms with van der Waals surface area (Å²) in [5.41, 5.74) is 6.05. The van der Waals surface area contributed by atoms with Crippen LogP contribution in [0.4, 0.5) is 5.69 Å². The number of benzene rings is 2. The molecule has 0 radical (unpaired) electrons. The van der Waals surface area contributed by atoms with Crippen molar-refractivity contribution in [2.75, 3.05) is 44.2 Å². The Labute approximate surface area is 198 Å². The summed E-state index contributed by atoms with van der Waals surface area (Å²) in [7, 11) is 0. The number of carbonyl (C=O) groups excluding carboxylic acids is 1. The van der Waals surface area contributed by atoms with Gasteiger partial charge in [0.2, 0.25) is 5.91 Å². The van der Waals surface area contributed by atoms with Gasteiger partial charge < -0.3 is 14.7 Å². The molecule has 0 aromatic heterocycles. The molecular weight excluding hydrogens is 408 g/mol. The van der Waals surface area contributed by atoms with Gasteiger partial charge in [0, 0.05) is 62.1 Å². The molecule has 2 aliphatic rings. The number of nitrogens with zero attached hydrogens (tertiary/aromatic N) is 4. The molecule has 1 amide bonds. The summed E-state index contributed by atoms with van der Waals surface area (Å²) in [6.07, 6.45) is 4.51. The first kappa shape index (κ1) is 23.1. The second-order valence-electron chi connectivity index (χ2n) is 8.96. The molecule has 2 heterocycles. The van der Waals surface area contributed by atoms with E-state index in [4.69, 9.17) is 4.99 Å². The second kappa shape index (κ2) is 10.2. The Hall–Kier alpha value is -3.08. The van der Waals surface area contributed by atoms with E-state index in [0.29, 0.717) is 6.42 Å². The second-order valence-corrected chi connectivity index (χ2v) is 8.96. The number of carbonyl (C=O) groups is 1. The van der Waals surface area contributed by atoms with Gasteiger partial charge in [-0.25, -0.2) is 0 Å². The van der Waals surface area contributed by atoms with Crippen molar-refractivity contribution in [2.24, 2.45) is 4.99 Å². The number of allylic oxidation sites excluding steroid dienone is 1. The number of hydrogen-bond donors (Lipinski definition) is 0. The third kappa shape index (κ3) is 4.82. The summed E-state index contributed by atoms with van der Waals surface area (Å²) in [4.78, 5) is 23.7. The Kier molecular flexibility index (Phi) is 7.17. The highest BCUT2D eigenvalue weighted by molar-refractivity contribution is 5.97. The number of anilines is 1. The zero-order valence-electron chi connectivity index (χ0n) is 20.3. The van der Waals surface area contributed by atoms with E-state index in [2.05, 4.69) is 59.7 Å². The van der Waals surface area contributed by atoms with Gasteiger partial charge >= 0.3 is 0 Å². The van der Waals surface area contributed by atoms with Crippen LogP contribution in [0.15, 0.2) is 64.9 Å². The van der Waals surface area contributed by atoms with Crippen molar-refractivity contribution in [3.05, 3.63) is 65.5 Å². The minimum Gasteiger partial charge on any atom is -0.368 e. The Bertz CT molecular complexity index is 1090. The van der Waals surface area contributed by atoms with Gasteiger partial charge in [-0.05, 0) is 49.3 Å². The summed E-state index contributed by atoms with van der Waals surface area (Å²) in [6.45, 7) is 15.6. The molecule has 0 atom stereocenters. The van der Waals surface area contributed by atoms with Crippen LogP contribution in [0.3, 0.4) is 0 Å². The first-order valence-electron chi connectivity index (χ1n) is 12.2. The highest BCUT2D eigenvalue weighted by atomic mass is 16.2. The fourth-order valence-corrected chi connectivity index (χ4v) is 5.15. The van der Waals surface area contributed by atoms with E-state index in [9.17, 15) is 4.79 Å². The van der Waals surface area contributed by atoms with E-state index >= 15 is 0 Å². The van der Waals surface area contributed by atoms with Crippen molar-refractivity contribution in [3.63, 3.8) is 0 Å². The average molecular weight is 445 g/mol. The van der Waals surface area contributed by atoms with Crippen LogP contribution in [0, 0.1) is 6.92 Å². The van der Waals surface area contributed by atoms with Crippen LogP contribution in [0.2, 0.25) is 0 Å². The molecule has 1 fully saturated rings. The Morgan fingerprint density at radius 3 is 2.45 bits per heavy atom. The van der Waals surface area contributed by atoms with Gasteiger partial charge in [-0.3, -0.25) is 9.79 Å². The minimum absolute atomic E-state index is 0.242. The highest BCUT2D eigenvalue weighted by Gasteiger charge is 2.26. The van der Waals surface area contributed by atoms with E-state index in [1.807, 2.05) is 25.0 Å². The third-order valence-electron chi connectivity index (χ3n) is 6.93. The van der Waals surface area contributed by atoms with Gasteiger partial charge in [-0.15, -0.1) is 0 Å². The smallest absolute Gasteiger partial charge is 0.222 e. The molecule has 0 N–H and O–H groups in total. The summed E-state index contributed by atoms with van der Waals surface area (Å²) in [5, 5.41) is 2.62. The summed E-state index contributed by atoms with van der Waals surface area (Å²) in [5.74, 6) is 0.242. The molecule has 5 heteroatoms. The van der Waals surface area contributed by atoms with Crippen LogP contribution in [0.1, 0.15) is 38.7 Å². The van der Waals surface area contributed by atoms with Crippen LogP contribution >= 0.6 is 0 Å². The lowest BCUT2D eigenvalue weighted by Crippen LogP contribution is -2.48. The maximum atomic E-state index is 12.1. The molecule has 4 rings (SSSR count). The van der Waals surface area contributed by atoms with Gasteiger partial charge in [0.05, 0.1) is 12.2 Å². The maximum Gasteiger partial charge on any atom is 0.222 e. The molecule has 2 aliphatic heterocycles. The van der Waals surface area contributed by atoms with E-state index in [0.717, 1.165) is 63.5 Å². The molecule has 2 aromatic carbocycles. The zero-order valence-corrected chi connectivity index (χ0v) is 20.3. The monoisotopic (exact) mass is 444 g/mol. The molecular formula is C28H36N4O. The molecule has 174 valence electrons. The largest absolute Gasteiger partial charge is 0.368 e. The van der Waals surface area contributed by atoms with Crippen molar-refractivity contribution in [2.45, 2.75) is 40.0 Å². The zero-order chi connectivity index (χ0) is 23.4. The first-order valence-corrected chi connectivity index (χ1v) is 12.2. The Morgan fingerprint density at radius 2 is 1.76 bits per heavy atom. The average Bonchev–Trinajstić information content (AvgIpc) is 3.06. The van der Waals surface area contributed by atoms with Gasteiger partial charge in [0.15, 0.2) is 0 Å². The van der Waals surface area contributed by atoms with Crippen molar-refractivity contribution in [1.82, 2.24) is 9.80 Å². The number of amides is 1. The number of hydrogen-bond acceptors (Lipinski definition) is 4. The standard InChI is InChI=1S/C28H36N4O/c1-5-27(33)31-18-16-30(17-19-31)22(4)24-13-9-15-32(20-25(24)29-6-2)26-14-8-12-23-11-7-10-21(3)28(23)26/h6-8,10-12,14H,4-5,9,13,15-20H2,1-3H3. The molecule has 1 saturated heterocycles. The lowest BCUT2D eigenvalue weighted by atomic mass is 10.0. The van der Waals surface area contributed by atoms with E-state index < -0.39 is 0 Å². The van der Waals surface area contributed by atoms with Crippen LogP contribution < -0.4 is 4.90 Å². The Morgan fingerprint density at radius 1 is 1.06 bits per heavy atom. The maximum absolute atomic E-state index is 12.1. The molecule has 33 heavy (non-hydrogen) atoms. The SMILES string of the molecule is C=C(C1=C(N=CC)CN(c2cccc3cccc(C)c23)CCC1)N1CCN(C(=O)CC)CC1. The summed E-state index contributed by atoms with van der Waals surface area (Å²) in [6, 6.07) is 13.1. The van der Waals surface area contributed by atoms with Crippen molar-refractivity contribution in [3.8, 4) is 0 Å². The van der Waals surface area contributed by atoms with Crippen LogP contribution in [0.25, 0.3) is 10.8 Å². The highest BCUT2D eigenvalue weighted by Crippen LogP contribution is 2.34. The predicted octanol–water partition coefficient (Wildman–Crippen LogP) is 5.16. The number of aryl methyl sites for hydroxylation is 1. The number of piperazine rings is 1.